The summed E-state index contributed by atoms with van der Waals surface area (Å²) in [6, 6.07) is 14.3. The van der Waals surface area contributed by atoms with Crippen molar-refractivity contribution in [2.45, 2.75) is 11.3 Å². The fourth-order valence-electron chi connectivity index (χ4n) is 3.49. The molecule has 9 heteroatoms. The number of carbonyl (C=O) groups is 1. The lowest BCUT2D eigenvalue weighted by Crippen LogP contribution is -2.49. The van der Waals surface area contributed by atoms with Gasteiger partial charge in [-0.15, -0.1) is 0 Å². The molecular weight excluding hydrogens is 404 g/mol. The van der Waals surface area contributed by atoms with Crippen molar-refractivity contribution in [3.05, 3.63) is 54.1 Å². The maximum Gasteiger partial charge on any atom is 0.238 e. The molecule has 3 N–H and O–H groups in total. The van der Waals surface area contributed by atoms with E-state index in [0.29, 0.717) is 19.5 Å². The average molecular weight is 433 g/mol. The smallest absolute Gasteiger partial charge is 0.238 e. The Morgan fingerprint density at radius 1 is 1.07 bits per heavy atom. The topological polar surface area (TPSA) is 105 Å². The molecule has 0 bridgehead atoms. The minimum absolute atomic E-state index is 0.0121. The van der Waals surface area contributed by atoms with E-state index in [1.807, 2.05) is 18.2 Å². The van der Waals surface area contributed by atoms with Gasteiger partial charge in [0.15, 0.2) is 0 Å². The predicted octanol–water partition coefficient (Wildman–Crippen LogP) is 0.824. The largest absolute Gasteiger partial charge is 0.495 e. The molecule has 1 saturated heterocycles. The Labute approximate surface area is 177 Å². The summed E-state index contributed by atoms with van der Waals surface area (Å²) in [7, 11) is -2.01. The zero-order valence-corrected chi connectivity index (χ0v) is 17.9. The molecule has 2 aromatic rings. The van der Waals surface area contributed by atoms with Crippen LogP contribution in [0.4, 0.5) is 5.69 Å². The van der Waals surface area contributed by atoms with Gasteiger partial charge in [-0.3, -0.25) is 9.69 Å². The van der Waals surface area contributed by atoms with E-state index in [2.05, 4.69) is 21.2 Å². The van der Waals surface area contributed by atoms with Gasteiger partial charge in [-0.05, 0) is 36.2 Å². The Bertz CT molecular complexity index is 955. The van der Waals surface area contributed by atoms with E-state index >= 15 is 0 Å². The number of nitrogens with two attached hydrogens (primary N) is 1. The van der Waals surface area contributed by atoms with E-state index in [0.717, 1.165) is 43.2 Å². The van der Waals surface area contributed by atoms with Gasteiger partial charge in [0, 0.05) is 32.7 Å². The SMILES string of the molecule is COc1ccccc1N1CCN(CC(=O)NCCc2ccc(S(N)(=O)=O)cc2)CC1. The fourth-order valence-corrected chi connectivity index (χ4v) is 4.00. The second kappa shape index (κ2) is 9.92. The highest BCUT2D eigenvalue weighted by atomic mass is 32.2. The first kappa shape index (κ1) is 22.1. The van der Waals surface area contributed by atoms with Crippen molar-refractivity contribution in [2.75, 3.05) is 51.3 Å². The monoisotopic (exact) mass is 432 g/mol. The number of sulfonamides is 1. The van der Waals surface area contributed by atoms with Gasteiger partial charge in [0.2, 0.25) is 15.9 Å². The van der Waals surface area contributed by atoms with Crippen molar-refractivity contribution < 1.29 is 17.9 Å². The lowest BCUT2D eigenvalue weighted by Gasteiger charge is -2.36. The van der Waals surface area contributed by atoms with E-state index in [1.54, 1.807) is 19.2 Å². The molecule has 0 atom stereocenters. The molecule has 0 saturated carbocycles. The van der Waals surface area contributed by atoms with Crippen LogP contribution < -0.4 is 20.1 Å². The van der Waals surface area contributed by atoms with Gasteiger partial charge in [0.05, 0.1) is 24.2 Å². The molecule has 162 valence electrons. The summed E-state index contributed by atoms with van der Waals surface area (Å²) in [4.78, 5) is 16.8. The number of nitrogens with one attached hydrogen (secondary N) is 1. The fraction of sp³-hybridized carbons (Fsp3) is 0.381. The number of hydrogen-bond acceptors (Lipinski definition) is 6. The summed E-state index contributed by atoms with van der Waals surface area (Å²) in [6.45, 7) is 4.15. The quantitative estimate of drug-likeness (QED) is 0.640. The number of primary sulfonamides is 1. The third-order valence-corrected chi connectivity index (χ3v) is 6.08. The van der Waals surface area contributed by atoms with Crippen LogP contribution in [0.15, 0.2) is 53.4 Å². The molecule has 0 radical (unpaired) electrons. The lowest BCUT2D eigenvalue weighted by molar-refractivity contribution is -0.122. The van der Waals surface area contributed by atoms with Gasteiger partial charge in [-0.1, -0.05) is 24.3 Å². The van der Waals surface area contributed by atoms with Gasteiger partial charge < -0.3 is 15.0 Å². The third-order valence-electron chi connectivity index (χ3n) is 5.15. The van der Waals surface area contributed by atoms with Gasteiger partial charge in [-0.2, -0.15) is 0 Å². The molecule has 0 unspecified atom stereocenters. The number of benzene rings is 2. The lowest BCUT2D eigenvalue weighted by atomic mass is 10.1. The Hall–Kier alpha value is -2.62. The molecule has 2 aromatic carbocycles. The van der Waals surface area contributed by atoms with Crippen molar-refractivity contribution >= 4 is 21.6 Å². The van der Waals surface area contributed by atoms with Crippen LogP contribution in [-0.2, 0) is 21.2 Å². The highest BCUT2D eigenvalue weighted by molar-refractivity contribution is 7.89. The summed E-state index contributed by atoms with van der Waals surface area (Å²) >= 11 is 0. The van der Waals surface area contributed by atoms with Crippen molar-refractivity contribution in [1.82, 2.24) is 10.2 Å². The van der Waals surface area contributed by atoms with Crippen molar-refractivity contribution in [3.8, 4) is 5.75 Å². The number of methoxy groups -OCH3 is 1. The maximum atomic E-state index is 12.3. The standard InChI is InChI=1S/C21H28N4O4S/c1-29-20-5-3-2-4-19(20)25-14-12-24(13-15-25)16-21(26)23-11-10-17-6-8-18(9-7-17)30(22,27)28/h2-9H,10-16H2,1H3,(H,23,26)(H2,22,27,28). The third kappa shape index (κ3) is 5.94. The Balaban J connectivity index is 1.40. The van der Waals surface area contributed by atoms with Crippen LogP contribution in [0.3, 0.4) is 0 Å². The van der Waals surface area contributed by atoms with E-state index < -0.39 is 10.0 Å². The number of rotatable bonds is 8. The van der Waals surface area contributed by atoms with Crippen molar-refractivity contribution in [3.63, 3.8) is 0 Å². The average Bonchev–Trinajstić information content (AvgIpc) is 2.74. The Kier molecular flexibility index (Phi) is 7.30. The highest BCUT2D eigenvalue weighted by Crippen LogP contribution is 2.28. The second-order valence-electron chi connectivity index (χ2n) is 7.22. The number of hydrogen-bond donors (Lipinski definition) is 2. The molecule has 30 heavy (non-hydrogen) atoms. The van der Waals surface area contributed by atoms with Gasteiger partial charge in [-0.25, -0.2) is 13.6 Å². The van der Waals surface area contributed by atoms with Gasteiger partial charge in [0.1, 0.15) is 5.75 Å². The van der Waals surface area contributed by atoms with Gasteiger partial charge in [0.25, 0.3) is 0 Å². The molecule has 0 aliphatic carbocycles. The molecule has 1 aliphatic rings. The Morgan fingerprint density at radius 2 is 1.73 bits per heavy atom. The molecule has 1 heterocycles. The van der Waals surface area contributed by atoms with Crippen molar-refractivity contribution in [1.29, 1.82) is 0 Å². The van der Waals surface area contributed by atoms with E-state index in [4.69, 9.17) is 9.88 Å². The molecule has 1 aliphatic heterocycles. The molecular formula is C21H28N4O4S. The van der Waals surface area contributed by atoms with Crippen LogP contribution in [0.2, 0.25) is 0 Å². The number of amides is 1. The second-order valence-corrected chi connectivity index (χ2v) is 8.79. The van der Waals surface area contributed by atoms with E-state index in [-0.39, 0.29) is 10.8 Å². The van der Waals surface area contributed by atoms with Crippen LogP contribution in [0.1, 0.15) is 5.56 Å². The first-order valence-electron chi connectivity index (χ1n) is 9.85. The minimum Gasteiger partial charge on any atom is -0.495 e. The Morgan fingerprint density at radius 3 is 2.37 bits per heavy atom. The highest BCUT2D eigenvalue weighted by Gasteiger charge is 2.20. The first-order chi connectivity index (χ1) is 14.4. The van der Waals surface area contributed by atoms with Crippen LogP contribution in [0.25, 0.3) is 0 Å². The number of ether oxygens (including phenoxy) is 1. The van der Waals surface area contributed by atoms with Gasteiger partial charge >= 0.3 is 0 Å². The number of piperazine rings is 1. The van der Waals surface area contributed by atoms with E-state index in [1.165, 1.54) is 12.1 Å². The normalized spacial score (nSPS) is 15.1. The predicted molar refractivity (Wildman–Crippen MR) is 116 cm³/mol. The summed E-state index contributed by atoms with van der Waals surface area (Å²) in [6.07, 6.45) is 0.623. The van der Waals surface area contributed by atoms with Crippen LogP contribution in [-0.4, -0.2) is 65.6 Å². The maximum absolute atomic E-state index is 12.3. The zero-order valence-electron chi connectivity index (χ0n) is 17.1. The van der Waals surface area contributed by atoms with Crippen LogP contribution in [0.5, 0.6) is 5.75 Å². The molecule has 1 fully saturated rings. The summed E-state index contributed by atoms with van der Waals surface area (Å²) < 4.78 is 28.0. The van der Waals surface area contributed by atoms with Crippen LogP contribution >= 0.6 is 0 Å². The zero-order chi connectivity index (χ0) is 21.6. The number of carbonyl (C=O) groups excluding carboxylic acids is 1. The molecule has 8 nitrogen and oxygen atoms in total. The van der Waals surface area contributed by atoms with E-state index in [9.17, 15) is 13.2 Å². The minimum atomic E-state index is -3.68. The number of nitrogens with zero attached hydrogens (tertiary/aromatic N) is 2. The molecule has 1 amide bonds. The summed E-state index contributed by atoms with van der Waals surface area (Å²) in [5, 5.41) is 8.02. The summed E-state index contributed by atoms with van der Waals surface area (Å²) in [5.41, 5.74) is 2.02. The van der Waals surface area contributed by atoms with Crippen LogP contribution in [0, 0.1) is 0 Å². The van der Waals surface area contributed by atoms with Crippen molar-refractivity contribution in [2.24, 2.45) is 5.14 Å². The summed E-state index contributed by atoms with van der Waals surface area (Å²) in [5.74, 6) is 0.850. The number of para-hydroxylation sites is 2. The molecule has 3 rings (SSSR count). The first-order valence-corrected chi connectivity index (χ1v) is 11.4. The molecule has 0 spiro atoms. The number of anilines is 1. The molecule has 0 aromatic heterocycles.